The lowest BCUT2D eigenvalue weighted by Crippen LogP contribution is -2.48. The van der Waals surface area contributed by atoms with E-state index >= 15 is 0 Å². The van der Waals surface area contributed by atoms with Crippen LogP contribution >= 0.6 is 11.6 Å². The van der Waals surface area contributed by atoms with Crippen molar-refractivity contribution in [3.63, 3.8) is 0 Å². The summed E-state index contributed by atoms with van der Waals surface area (Å²) in [5, 5.41) is 4.08. The van der Waals surface area contributed by atoms with Crippen molar-refractivity contribution in [2.24, 2.45) is 0 Å². The molecule has 0 unspecified atom stereocenters. The Bertz CT molecular complexity index is 470. The summed E-state index contributed by atoms with van der Waals surface area (Å²) in [4.78, 5) is 15.5. The Hall–Kier alpha value is -1.26. The number of carbonyl (C=O) groups excluding carboxylic acids is 1. The summed E-state index contributed by atoms with van der Waals surface area (Å²) in [5.74, 6) is 0.150. The third kappa shape index (κ3) is 3.64. The molecule has 2 rings (SSSR count). The average Bonchev–Trinajstić information content (AvgIpc) is 2.45. The SMILES string of the molecule is CCNCc1ccc(N2CCN(C(C)=O)CC2)c(Cl)c1. The molecule has 0 bridgehead atoms. The summed E-state index contributed by atoms with van der Waals surface area (Å²) in [6, 6.07) is 6.22. The van der Waals surface area contributed by atoms with E-state index in [1.807, 2.05) is 11.0 Å². The van der Waals surface area contributed by atoms with Crippen LogP contribution in [0.3, 0.4) is 0 Å². The Labute approximate surface area is 125 Å². The number of amides is 1. The first-order valence-electron chi connectivity index (χ1n) is 7.11. The van der Waals surface area contributed by atoms with Crippen LogP contribution in [0.1, 0.15) is 19.4 Å². The maximum atomic E-state index is 11.3. The van der Waals surface area contributed by atoms with E-state index in [2.05, 4.69) is 29.3 Å². The third-order valence-corrected chi connectivity index (χ3v) is 3.96. The van der Waals surface area contributed by atoms with Crippen LogP contribution in [-0.4, -0.2) is 43.5 Å². The van der Waals surface area contributed by atoms with Gasteiger partial charge in [0, 0.05) is 39.6 Å². The van der Waals surface area contributed by atoms with Crippen LogP contribution in [0.4, 0.5) is 5.69 Å². The number of benzene rings is 1. The highest BCUT2D eigenvalue weighted by Gasteiger charge is 2.20. The number of carbonyl (C=O) groups is 1. The van der Waals surface area contributed by atoms with Crippen molar-refractivity contribution < 1.29 is 4.79 Å². The highest BCUT2D eigenvalue weighted by molar-refractivity contribution is 6.33. The molecule has 20 heavy (non-hydrogen) atoms. The smallest absolute Gasteiger partial charge is 0.219 e. The lowest BCUT2D eigenvalue weighted by Gasteiger charge is -2.36. The highest BCUT2D eigenvalue weighted by Crippen LogP contribution is 2.27. The number of hydrogen-bond acceptors (Lipinski definition) is 3. The van der Waals surface area contributed by atoms with E-state index in [1.165, 1.54) is 5.56 Å². The lowest BCUT2D eigenvalue weighted by molar-refractivity contribution is -0.129. The molecule has 0 aliphatic carbocycles. The zero-order valence-electron chi connectivity index (χ0n) is 12.2. The van der Waals surface area contributed by atoms with Gasteiger partial charge in [-0.1, -0.05) is 24.6 Å². The molecule has 1 aromatic rings. The van der Waals surface area contributed by atoms with Crippen LogP contribution in [0.25, 0.3) is 0 Å². The van der Waals surface area contributed by atoms with Gasteiger partial charge in [-0.05, 0) is 24.2 Å². The van der Waals surface area contributed by atoms with Gasteiger partial charge in [-0.3, -0.25) is 4.79 Å². The van der Waals surface area contributed by atoms with Crippen molar-refractivity contribution in [3.8, 4) is 0 Å². The van der Waals surface area contributed by atoms with E-state index in [1.54, 1.807) is 6.92 Å². The molecule has 0 atom stereocenters. The number of hydrogen-bond donors (Lipinski definition) is 1. The van der Waals surface area contributed by atoms with Crippen molar-refractivity contribution in [2.45, 2.75) is 20.4 Å². The first-order chi connectivity index (χ1) is 9.61. The molecule has 1 aromatic carbocycles. The van der Waals surface area contributed by atoms with Crippen molar-refractivity contribution in [2.75, 3.05) is 37.6 Å². The normalized spacial score (nSPS) is 15.6. The highest BCUT2D eigenvalue weighted by atomic mass is 35.5. The van der Waals surface area contributed by atoms with E-state index < -0.39 is 0 Å². The maximum absolute atomic E-state index is 11.3. The van der Waals surface area contributed by atoms with Gasteiger partial charge in [0.2, 0.25) is 5.91 Å². The predicted octanol–water partition coefficient (Wildman–Crippen LogP) is 2.12. The van der Waals surface area contributed by atoms with Crippen molar-refractivity contribution in [3.05, 3.63) is 28.8 Å². The second-order valence-corrected chi connectivity index (χ2v) is 5.47. The Balaban J connectivity index is 2.01. The van der Waals surface area contributed by atoms with E-state index in [9.17, 15) is 4.79 Å². The Morgan fingerprint density at radius 1 is 1.30 bits per heavy atom. The fraction of sp³-hybridized carbons (Fsp3) is 0.533. The zero-order valence-corrected chi connectivity index (χ0v) is 12.9. The van der Waals surface area contributed by atoms with E-state index in [-0.39, 0.29) is 5.91 Å². The fourth-order valence-corrected chi connectivity index (χ4v) is 2.77. The van der Waals surface area contributed by atoms with Crippen LogP contribution < -0.4 is 10.2 Å². The molecule has 1 N–H and O–H groups in total. The average molecular weight is 296 g/mol. The molecule has 0 aromatic heterocycles. The van der Waals surface area contributed by atoms with E-state index in [0.29, 0.717) is 0 Å². The molecule has 1 amide bonds. The van der Waals surface area contributed by atoms with Crippen LogP contribution in [0, 0.1) is 0 Å². The number of halogens is 1. The third-order valence-electron chi connectivity index (χ3n) is 3.66. The Morgan fingerprint density at radius 3 is 2.55 bits per heavy atom. The summed E-state index contributed by atoms with van der Waals surface area (Å²) in [6.45, 7) is 8.72. The number of nitrogens with zero attached hydrogens (tertiary/aromatic N) is 2. The van der Waals surface area contributed by atoms with Gasteiger partial charge in [-0.15, -0.1) is 0 Å². The van der Waals surface area contributed by atoms with Crippen LogP contribution in [-0.2, 0) is 11.3 Å². The van der Waals surface area contributed by atoms with E-state index in [4.69, 9.17) is 11.6 Å². The van der Waals surface area contributed by atoms with Gasteiger partial charge in [-0.2, -0.15) is 0 Å². The molecular formula is C15H22ClN3O. The molecule has 4 nitrogen and oxygen atoms in total. The van der Waals surface area contributed by atoms with Gasteiger partial charge >= 0.3 is 0 Å². The molecule has 1 aliphatic heterocycles. The monoisotopic (exact) mass is 295 g/mol. The minimum atomic E-state index is 0.150. The fourth-order valence-electron chi connectivity index (χ4n) is 2.45. The van der Waals surface area contributed by atoms with Gasteiger partial charge < -0.3 is 15.1 Å². The topological polar surface area (TPSA) is 35.6 Å². The molecule has 1 heterocycles. The van der Waals surface area contributed by atoms with Crippen molar-refractivity contribution in [1.29, 1.82) is 0 Å². The molecule has 110 valence electrons. The molecule has 0 radical (unpaired) electrons. The molecule has 1 aliphatic rings. The number of piperazine rings is 1. The number of rotatable bonds is 4. The molecular weight excluding hydrogens is 274 g/mol. The molecule has 0 spiro atoms. The summed E-state index contributed by atoms with van der Waals surface area (Å²) in [6.07, 6.45) is 0. The standard InChI is InChI=1S/C15H22ClN3O/c1-3-17-11-13-4-5-15(14(16)10-13)19-8-6-18(7-9-19)12(2)20/h4-5,10,17H,3,6-9,11H2,1-2H3. The minimum absolute atomic E-state index is 0.150. The summed E-state index contributed by atoms with van der Waals surface area (Å²) in [5.41, 5.74) is 2.26. The Morgan fingerprint density at radius 2 is 2.00 bits per heavy atom. The van der Waals surface area contributed by atoms with Crippen molar-refractivity contribution in [1.82, 2.24) is 10.2 Å². The van der Waals surface area contributed by atoms with Gasteiger partial charge in [0.15, 0.2) is 0 Å². The van der Waals surface area contributed by atoms with Crippen LogP contribution in [0.15, 0.2) is 18.2 Å². The van der Waals surface area contributed by atoms with Gasteiger partial charge in [-0.25, -0.2) is 0 Å². The summed E-state index contributed by atoms with van der Waals surface area (Å²) in [7, 11) is 0. The van der Waals surface area contributed by atoms with Gasteiger partial charge in [0.1, 0.15) is 0 Å². The Kier molecular flexibility index (Phi) is 5.26. The first-order valence-corrected chi connectivity index (χ1v) is 7.49. The van der Waals surface area contributed by atoms with Crippen LogP contribution in [0.5, 0.6) is 0 Å². The second-order valence-electron chi connectivity index (χ2n) is 5.06. The summed E-state index contributed by atoms with van der Waals surface area (Å²) >= 11 is 6.39. The minimum Gasteiger partial charge on any atom is -0.367 e. The largest absolute Gasteiger partial charge is 0.367 e. The molecule has 1 saturated heterocycles. The van der Waals surface area contributed by atoms with Gasteiger partial charge in [0.25, 0.3) is 0 Å². The molecule has 5 heteroatoms. The predicted molar refractivity (Wildman–Crippen MR) is 83.3 cm³/mol. The number of anilines is 1. The quantitative estimate of drug-likeness (QED) is 0.924. The van der Waals surface area contributed by atoms with Crippen molar-refractivity contribution >= 4 is 23.2 Å². The zero-order chi connectivity index (χ0) is 14.5. The van der Waals surface area contributed by atoms with Gasteiger partial charge in [0.05, 0.1) is 10.7 Å². The lowest BCUT2D eigenvalue weighted by atomic mass is 10.1. The first kappa shape index (κ1) is 15.1. The van der Waals surface area contributed by atoms with E-state index in [0.717, 1.165) is 50.0 Å². The second kappa shape index (κ2) is 6.95. The molecule has 0 saturated carbocycles. The maximum Gasteiger partial charge on any atom is 0.219 e. The van der Waals surface area contributed by atoms with Crippen LogP contribution in [0.2, 0.25) is 5.02 Å². The number of nitrogens with one attached hydrogen (secondary N) is 1. The summed E-state index contributed by atoms with van der Waals surface area (Å²) < 4.78 is 0. The molecule has 1 fully saturated rings.